The van der Waals surface area contributed by atoms with Crippen LogP contribution in [0.15, 0.2) is 48.7 Å². The van der Waals surface area contributed by atoms with E-state index in [1.807, 2.05) is 54.1 Å². The van der Waals surface area contributed by atoms with Crippen LogP contribution >= 0.6 is 0 Å². The van der Waals surface area contributed by atoms with Crippen molar-refractivity contribution in [3.05, 3.63) is 60.0 Å². The molecule has 1 N–H and O–H groups in total. The lowest BCUT2D eigenvalue weighted by atomic mass is 9.82. The molecule has 3 aromatic rings. The summed E-state index contributed by atoms with van der Waals surface area (Å²) in [6.45, 7) is 6.29. The summed E-state index contributed by atoms with van der Waals surface area (Å²) in [5.74, 6) is 0.620. The van der Waals surface area contributed by atoms with Crippen molar-refractivity contribution in [3.8, 4) is 5.75 Å². The van der Waals surface area contributed by atoms with Gasteiger partial charge in [0.2, 0.25) is 5.91 Å². The van der Waals surface area contributed by atoms with Gasteiger partial charge in [-0.15, -0.1) is 0 Å². The Balaban J connectivity index is 1.53. The Morgan fingerprint density at radius 3 is 2.52 bits per heavy atom. The molecule has 4 rings (SSSR count). The molecule has 2 aromatic carbocycles. The van der Waals surface area contributed by atoms with Gasteiger partial charge in [-0.05, 0) is 49.7 Å². The standard InChI is InChI=1S/C23H26FN3O2/c1-23(2,18-15-25-20-9-8-16(29-3)14-17(18)20)22(28)27-12-10-26(11-13-27)21-7-5-4-6-19(21)24/h4-9,14-15,25H,10-13H2,1-3H3. The highest BCUT2D eigenvalue weighted by molar-refractivity contribution is 5.95. The van der Waals surface area contributed by atoms with Crippen LogP contribution in [0.1, 0.15) is 19.4 Å². The molecule has 5 nitrogen and oxygen atoms in total. The van der Waals surface area contributed by atoms with Crippen LogP contribution in [0.3, 0.4) is 0 Å². The molecule has 152 valence electrons. The highest BCUT2D eigenvalue weighted by atomic mass is 19.1. The van der Waals surface area contributed by atoms with Gasteiger partial charge in [0.05, 0.1) is 18.2 Å². The van der Waals surface area contributed by atoms with Gasteiger partial charge in [-0.3, -0.25) is 4.79 Å². The normalized spacial score (nSPS) is 15.0. The Morgan fingerprint density at radius 2 is 1.83 bits per heavy atom. The molecule has 0 saturated carbocycles. The number of benzene rings is 2. The number of halogens is 1. The minimum absolute atomic E-state index is 0.0782. The Kier molecular flexibility index (Phi) is 4.94. The number of fused-ring (bicyclic) bond motifs is 1. The van der Waals surface area contributed by atoms with E-state index in [1.165, 1.54) is 6.07 Å². The van der Waals surface area contributed by atoms with Crippen molar-refractivity contribution in [1.82, 2.24) is 9.88 Å². The van der Waals surface area contributed by atoms with E-state index in [9.17, 15) is 9.18 Å². The third kappa shape index (κ3) is 3.43. The van der Waals surface area contributed by atoms with Crippen LogP contribution in [0, 0.1) is 5.82 Å². The number of ether oxygens (including phenoxy) is 1. The van der Waals surface area contributed by atoms with Crippen LogP contribution in [-0.4, -0.2) is 49.1 Å². The minimum Gasteiger partial charge on any atom is -0.497 e. The molecular weight excluding hydrogens is 369 g/mol. The van der Waals surface area contributed by atoms with E-state index in [0.717, 1.165) is 22.2 Å². The van der Waals surface area contributed by atoms with E-state index in [-0.39, 0.29) is 11.7 Å². The predicted octanol–water partition coefficient (Wildman–Crippen LogP) is 3.94. The zero-order valence-corrected chi connectivity index (χ0v) is 17.0. The highest BCUT2D eigenvalue weighted by Gasteiger charge is 2.37. The van der Waals surface area contributed by atoms with Crippen LogP contribution in [0.4, 0.5) is 10.1 Å². The van der Waals surface area contributed by atoms with Crippen LogP contribution in [0.25, 0.3) is 10.9 Å². The first-order chi connectivity index (χ1) is 13.9. The lowest BCUT2D eigenvalue weighted by Gasteiger charge is -2.39. The molecule has 0 spiro atoms. The first-order valence-corrected chi connectivity index (χ1v) is 9.86. The first-order valence-electron chi connectivity index (χ1n) is 9.86. The fourth-order valence-electron chi connectivity index (χ4n) is 4.11. The molecule has 1 fully saturated rings. The Labute approximate surface area is 170 Å². The van der Waals surface area contributed by atoms with Gasteiger partial charge in [0.25, 0.3) is 0 Å². The fourth-order valence-corrected chi connectivity index (χ4v) is 4.11. The summed E-state index contributed by atoms with van der Waals surface area (Å²) in [7, 11) is 1.64. The van der Waals surface area contributed by atoms with Crippen molar-refractivity contribution in [3.63, 3.8) is 0 Å². The van der Waals surface area contributed by atoms with E-state index in [2.05, 4.69) is 4.98 Å². The second kappa shape index (κ2) is 7.43. The van der Waals surface area contributed by atoms with Crippen molar-refractivity contribution < 1.29 is 13.9 Å². The zero-order valence-electron chi connectivity index (χ0n) is 17.0. The van der Waals surface area contributed by atoms with E-state index >= 15 is 0 Å². The summed E-state index contributed by atoms with van der Waals surface area (Å²) in [4.78, 5) is 20.6. The van der Waals surface area contributed by atoms with Gasteiger partial charge < -0.3 is 19.5 Å². The lowest BCUT2D eigenvalue weighted by molar-refractivity contribution is -0.136. The molecule has 0 aliphatic carbocycles. The molecular formula is C23H26FN3O2. The number of hydrogen-bond acceptors (Lipinski definition) is 3. The average Bonchev–Trinajstić information content (AvgIpc) is 3.17. The summed E-state index contributed by atoms with van der Waals surface area (Å²) >= 11 is 0. The van der Waals surface area contributed by atoms with E-state index in [0.29, 0.717) is 31.9 Å². The monoisotopic (exact) mass is 395 g/mol. The number of carbonyl (C=O) groups excluding carboxylic acids is 1. The number of aromatic amines is 1. The van der Waals surface area contributed by atoms with Gasteiger partial charge in [0.1, 0.15) is 11.6 Å². The van der Waals surface area contributed by atoms with Gasteiger partial charge >= 0.3 is 0 Å². The van der Waals surface area contributed by atoms with Gasteiger partial charge in [0.15, 0.2) is 0 Å². The van der Waals surface area contributed by atoms with Crippen LogP contribution in [0.2, 0.25) is 0 Å². The maximum atomic E-state index is 14.1. The number of methoxy groups -OCH3 is 1. The SMILES string of the molecule is COc1ccc2[nH]cc(C(C)(C)C(=O)N3CCN(c4ccccc4F)CC3)c2c1. The van der Waals surface area contributed by atoms with Crippen LogP contribution in [-0.2, 0) is 10.2 Å². The molecule has 0 bridgehead atoms. The molecule has 0 radical (unpaired) electrons. The van der Waals surface area contributed by atoms with E-state index < -0.39 is 5.41 Å². The predicted molar refractivity (Wildman–Crippen MR) is 113 cm³/mol. The number of hydrogen-bond donors (Lipinski definition) is 1. The smallest absolute Gasteiger partial charge is 0.232 e. The largest absolute Gasteiger partial charge is 0.497 e. The third-order valence-corrected chi connectivity index (χ3v) is 5.86. The Bertz CT molecular complexity index is 1040. The third-order valence-electron chi connectivity index (χ3n) is 5.86. The van der Waals surface area contributed by atoms with Gasteiger partial charge in [-0.25, -0.2) is 4.39 Å². The van der Waals surface area contributed by atoms with Crippen molar-refractivity contribution in [2.45, 2.75) is 19.3 Å². The number of H-pyrrole nitrogens is 1. The number of para-hydroxylation sites is 1. The van der Waals surface area contributed by atoms with Crippen molar-refractivity contribution >= 4 is 22.5 Å². The number of piperazine rings is 1. The lowest BCUT2D eigenvalue weighted by Crippen LogP contribution is -2.53. The number of rotatable bonds is 4. The topological polar surface area (TPSA) is 48.6 Å². The highest BCUT2D eigenvalue weighted by Crippen LogP contribution is 2.34. The summed E-state index contributed by atoms with van der Waals surface area (Å²) in [5, 5.41) is 0.993. The van der Waals surface area contributed by atoms with Gasteiger partial charge in [-0.2, -0.15) is 0 Å². The number of amides is 1. The molecule has 1 saturated heterocycles. The number of nitrogens with zero attached hydrogens (tertiary/aromatic N) is 2. The molecule has 0 atom stereocenters. The average molecular weight is 395 g/mol. The Morgan fingerprint density at radius 1 is 1.10 bits per heavy atom. The number of carbonyl (C=O) groups is 1. The summed E-state index contributed by atoms with van der Waals surface area (Å²) < 4.78 is 19.4. The van der Waals surface area contributed by atoms with Gasteiger partial charge in [0, 0.05) is 43.3 Å². The molecule has 1 aromatic heterocycles. The van der Waals surface area contributed by atoms with E-state index in [1.54, 1.807) is 19.2 Å². The van der Waals surface area contributed by atoms with Crippen molar-refractivity contribution in [2.24, 2.45) is 0 Å². The molecule has 6 heteroatoms. The number of anilines is 1. The van der Waals surface area contributed by atoms with Crippen LogP contribution in [0.5, 0.6) is 5.75 Å². The van der Waals surface area contributed by atoms with Crippen molar-refractivity contribution in [1.29, 1.82) is 0 Å². The molecule has 0 unspecified atom stereocenters. The van der Waals surface area contributed by atoms with Gasteiger partial charge in [-0.1, -0.05) is 12.1 Å². The summed E-state index contributed by atoms with van der Waals surface area (Å²) in [6, 6.07) is 12.6. The zero-order chi connectivity index (χ0) is 20.6. The quantitative estimate of drug-likeness (QED) is 0.728. The maximum Gasteiger partial charge on any atom is 0.232 e. The molecule has 1 aliphatic rings. The van der Waals surface area contributed by atoms with Crippen LogP contribution < -0.4 is 9.64 Å². The van der Waals surface area contributed by atoms with Crippen molar-refractivity contribution in [2.75, 3.05) is 38.2 Å². The first kappa shape index (κ1) is 19.3. The minimum atomic E-state index is -0.690. The van der Waals surface area contributed by atoms with E-state index in [4.69, 9.17) is 4.74 Å². The molecule has 29 heavy (non-hydrogen) atoms. The Hall–Kier alpha value is -3.02. The second-order valence-corrected chi connectivity index (χ2v) is 7.97. The molecule has 2 heterocycles. The summed E-state index contributed by atoms with van der Waals surface area (Å²) in [6.07, 6.45) is 1.91. The number of nitrogens with one attached hydrogen (secondary N) is 1. The second-order valence-electron chi connectivity index (χ2n) is 7.97. The fraction of sp³-hybridized carbons (Fsp3) is 0.348. The molecule has 1 amide bonds. The number of aromatic nitrogens is 1. The maximum absolute atomic E-state index is 14.1. The molecule has 1 aliphatic heterocycles. The summed E-state index contributed by atoms with van der Waals surface area (Å²) in [5.41, 5.74) is 1.84.